The smallest absolute Gasteiger partial charge is 0.130 e. The fourth-order valence-corrected chi connectivity index (χ4v) is 2.08. The number of halogens is 1. The van der Waals surface area contributed by atoms with Gasteiger partial charge in [0, 0.05) is 25.4 Å². The van der Waals surface area contributed by atoms with Gasteiger partial charge in [-0.25, -0.2) is 4.98 Å². The van der Waals surface area contributed by atoms with Crippen LogP contribution in [-0.4, -0.2) is 30.3 Å². The summed E-state index contributed by atoms with van der Waals surface area (Å²) in [4.78, 5) is 6.46. The van der Waals surface area contributed by atoms with Gasteiger partial charge in [0.15, 0.2) is 0 Å². The Morgan fingerprint density at radius 1 is 1.44 bits per heavy atom. The Balaban J connectivity index is 2.19. The van der Waals surface area contributed by atoms with Crippen molar-refractivity contribution in [2.24, 2.45) is 0 Å². The summed E-state index contributed by atoms with van der Waals surface area (Å²) < 4.78 is 5.67. The number of morpholine rings is 1. The average Bonchev–Trinajstić information content (AvgIpc) is 2.20. The Kier molecular flexibility index (Phi) is 3.21. The van der Waals surface area contributed by atoms with E-state index >= 15 is 0 Å². The summed E-state index contributed by atoms with van der Waals surface area (Å²) in [6.45, 7) is 5.78. The predicted molar refractivity (Wildman–Crippen MR) is 65.9 cm³/mol. The molecule has 16 heavy (non-hydrogen) atoms. The zero-order chi connectivity index (χ0) is 11.7. The molecule has 0 unspecified atom stereocenters. The zero-order valence-corrected chi connectivity index (χ0v) is 10.2. The van der Waals surface area contributed by atoms with Crippen molar-refractivity contribution < 1.29 is 4.74 Å². The van der Waals surface area contributed by atoms with Crippen LogP contribution in [0.25, 0.3) is 0 Å². The van der Waals surface area contributed by atoms with Crippen molar-refractivity contribution in [1.82, 2.24) is 4.98 Å². The van der Waals surface area contributed by atoms with Crippen LogP contribution in [0.3, 0.4) is 0 Å². The summed E-state index contributed by atoms with van der Waals surface area (Å²) in [5, 5.41) is 0.498. The molecule has 0 saturated carbocycles. The SMILES string of the molecule is C[C@@H]1CN(c2cc(N)c(Cl)cn2)C[C@@H](C)O1. The molecule has 4 nitrogen and oxygen atoms in total. The van der Waals surface area contributed by atoms with Gasteiger partial charge >= 0.3 is 0 Å². The molecule has 1 saturated heterocycles. The number of rotatable bonds is 1. The van der Waals surface area contributed by atoms with Gasteiger partial charge in [0.25, 0.3) is 0 Å². The second-order valence-corrected chi connectivity index (χ2v) is 4.63. The first kappa shape index (κ1) is 11.5. The molecule has 0 radical (unpaired) electrons. The van der Waals surface area contributed by atoms with E-state index in [9.17, 15) is 0 Å². The predicted octanol–water partition coefficient (Wildman–Crippen LogP) is 1.93. The maximum Gasteiger partial charge on any atom is 0.130 e. The summed E-state index contributed by atoms with van der Waals surface area (Å²) >= 11 is 5.85. The highest BCUT2D eigenvalue weighted by Gasteiger charge is 2.23. The second kappa shape index (κ2) is 4.47. The van der Waals surface area contributed by atoms with Gasteiger partial charge in [-0.1, -0.05) is 11.6 Å². The summed E-state index contributed by atoms with van der Waals surface area (Å²) in [7, 11) is 0. The zero-order valence-electron chi connectivity index (χ0n) is 9.48. The molecule has 1 aliphatic heterocycles. The highest BCUT2D eigenvalue weighted by molar-refractivity contribution is 6.32. The molecule has 2 atom stereocenters. The van der Waals surface area contributed by atoms with Crippen molar-refractivity contribution in [2.75, 3.05) is 23.7 Å². The molecule has 88 valence electrons. The van der Waals surface area contributed by atoms with Crippen molar-refractivity contribution in [3.05, 3.63) is 17.3 Å². The van der Waals surface area contributed by atoms with E-state index in [-0.39, 0.29) is 12.2 Å². The molecule has 1 fully saturated rings. The molecule has 5 heteroatoms. The number of ether oxygens (including phenoxy) is 1. The molecule has 1 aromatic rings. The maximum absolute atomic E-state index is 5.85. The Labute approximate surface area is 100 Å². The summed E-state index contributed by atoms with van der Waals surface area (Å²) in [6.07, 6.45) is 2.02. The lowest BCUT2D eigenvalue weighted by molar-refractivity contribution is -0.00545. The first-order valence-corrected chi connectivity index (χ1v) is 5.75. The molecule has 2 N–H and O–H groups in total. The van der Waals surface area contributed by atoms with Crippen LogP contribution in [0.5, 0.6) is 0 Å². The van der Waals surface area contributed by atoms with Crippen LogP contribution in [0.1, 0.15) is 13.8 Å². The molecule has 2 rings (SSSR count). The quantitative estimate of drug-likeness (QED) is 0.816. The Morgan fingerprint density at radius 2 is 2.06 bits per heavy atom. The number of anilines is 2. The molecule has 1 aliphatic rings. The minimum atomic E-state index is 0.211. The normalized spacial score (nSPS) is 25.8. The van der Waals surface area contributed by atoms with Crippen molar-refractivity contribution >= 4 is 23.1 Å². The third kappa shape index (κ3) is 2.39. The third-order valence-corrected chi connectivity index (χ3v) is 2.93. The fourth-order valence-electron chi connectivity index (χ4n) is 1.98. The fraction of sp³-hybridized carbons (Fsp3) is 0.545. The van der Waals surface area contributed by atoms with Gasteiger partial charge in [-0.3, -0.25) is 0 Å². The molecule has 0 aliphatic carbocycles. The molecule has 0 spiro atoms. The number of hydrogen-bond donors (Lipinski definition) is 1. The number of hydrogen-bond acceptors (Lipinski definition) is 4. The van der Waals surface area contributed by atoms with E-state index in [0.717, 1.165) is 18.9 Å². The number of nitrogens with zero attached hydrogens (tertiary/aromatic N) is 2. The lowest BCUT2D eigenvalue weighted by Gasteiger charge is -2.36. The highest BCUT2D eigenvalue weighted by atomic mass is 35.5. The van der Waals surface area contributed by atoms with Crippen LogP contribution in [0.15, 0.2) is 12.3 Å². The van der Waals surface area contributed by atoms with E-state index in [1.165, 1.54) is 0 Å². The van der Waals surface area contributed by atoms with Crippen LogP contribution >= 0.6 is 11.6 Å². The van der Waals surface area contributed by atoms with E-state index in [2.05, 4.69) is 23.7 Å². The van der Waals surface area contributed by atoms with E-state index in [1.54, 1.807) is 6.20 Å². The molecular weight excluding hydrogens is 226 g/mol. The molecule has 1 aromatic heterocycles. The van der Waals surface area contributed by atoms with Gasteiger partial charge in [0.1, 0.15) is 5.82 Å². The van der Waals surface area contributed by atoms with E-state index in [1.807, 2.05) is 6.07 Å². The van der Waals surface area contributed by atoms with Gasteiger partial charge in [0.05, 0.1) is 22.9 Å². The topological polar surface area (TPSA) is 51.4 Å². The number of pyridine rings is 1. The Hall–Kier alpha value is -1.00. The van der Waals surface area contributed by atoms with E-state index < -0.39 is 0 Å². The van der Waals surface area contributed by atoms with Crippen LogP contribution in [0.4, 0.5) is 11.5 Å². The Bertz CT molecular complexity index is 375. The lowest BCUT2D eigenvalue weighted by Crippen LogP contribution is -2.45. The number of nitrogen functional groups attached to an aromatic ring is 1. The van der Waals surface area contributed by atoms with Crippen LogP contribution in [0, 0.1) is 0 Å². The summed E-state index contributed by atoms with van der Waals surface area (Å²) in [5.41, 5.74) is 6.33. The summed E-state index contributed by atoms with van der Waals surface area (Å²) in [5.74, 6) is 0.865. The number of nitrogens with two attached hydrogens (primary N) is 1. The van der Waals surface area contributed by atoms with Gasteiger partial charge in [0.2, 0.25) is 0 Å². The van der Waals surface area contributed by atoms with Gasteiger partial charge in [-0.2, -0.15) is 0 Å². The van der Waals surface area contributed by atoms with Crippen molar-refractivity contribution in [1.29, 1.82) is 0 Å². The largest absolute Gasteiger partial charge is 0.397 e. The first-order chi connectivity index (χ1) is 7.56. The minimum Gasteiger partial charge on any atom is -0.397 e. The average molecular weight is 242 g/mol. The third-order valence-electron chi connectivity index (χ3n) is 2.61. The van der Waals surface area contributed by atoms with Gasteiger partial charge in [-0.15, -0.1) is 0 Å². The molecule has 0 bridgehead atoms. The van der Waals surface area contributed by atoms with Gasteiger partial charge in [-0.05, 0) is 13.8 Å². The van der Waals surface area contributed by atoms with Crippen LogP contribution in [-0.2, 0) is 4.74 Å². The molecule has 0 aromatic carbocycles. The van der Waals surface area contributed by atoms with E-state index in [4.69, 9.17) is 22.1 Å². The Morgan fingerprint density at radius 3 is 2.62 bits per heavy atom. The first-order valence-electron chi connectivity index (χ1n) is 5.37. The molecule has 2 heterocycles. The highest BCUT2D eigenvalue weighted by Crippen LogP contribution is 2.24. The van der Waals surface area contributed by atoms with Crippen LogP contribution < -0.4 is 10.6 Å². The standard InChI is InChI=1S/C11H16ClN3O/c1-7-5-15(6-8(2)16-7)11-3-10(13)9(12)4-14-11/h3-4,7-8H,5-6H2,1-2H3,(H2,13,14)/t7-,8-/m1/s1. The molecule has 0 amide bonds. The summed E-state index contributed by atoms with van der Waals surface area (Å²) in [6, 6.07) is 1.81. The minimum absolute atomic E-state index is 0.211. The van der Waals surface area contributed by atoms with Crippen LogP contribution in [0.2, 0.25) is 5.02 Å². The van der Waals surface area contributed by atoms with E-state index in [0.29, 0.717) is 10.7 Å². The number of aromatic nitrogens is 1. The monoisotopic (exact) mass is 241 g/mol. The molecular formula is C11H16ClN3O. The van der Waals surface area contributed by atoms with Crippen molar-refractivity contribution in [2.45, 2.75) is 26.1 Å². The lowest BCUT2D eigenvalue weighted by atomic mass is 10.2. The van der Waals surface area contributed by atoms with Crippen molar-refractivity contribution in [3.8, 4) is 0 Å². The van der Waals surface area contributed by atoms with Gasteiger partial charge < -0.3 is 15.4 Å². The second-order valence-electron chi connectivity index (χ2n) is 4.23. The van der Waals surface area contributed by atoms with Crippen molar-refractivity contribution in [3.63, 3.8) is 0 Å². The maximum atomic E-state index is 5.85.